The van der Waals surface area contributed by atoms with Crippen molar-refractivity contribution in [3.63, 3.8) is 0 Å². The van der Waals surface area contributed by atoms with Gasteiger partial charge in [0.15, 0.2) is 0 Å². The van der Waals surface area contributed by atoms with Crippen molar-refractivity contribution in [1.29, 1.82) is 0 Å². The lowest BCUT2D eigenvalue weighted by Crippen LogP contribution is -2.37. The predicted molar refractivity (Wildman–Crippen MR) is 67.2 cm³/mol. The van der Waals surface area contributed by atoms with Crippen LogP contribution in [0.5, 0.6) is 0 Å². The monoisotopic (exact) mass is 236 g/mol. The van der Waals surface area contributed by atoms with Gasteiger partial charge in [0.05, 0.1) is 13.2 Å². The van der Waals surface area contributed by atoms with Gasteiger partial charge in [-0.15, -0.1) is 0 Å². The summed E-state index contributed by atoms with van der Waals surface area (Å²) in [4.78, 5) is 11.1. The van der Waals surface area contributed by atoms with Crippen LogP contribution in [0, 0.1) is 6.92 Å². The van der Waals surface area contributed by atoms with Crippen LogP contribution in [0.4, 0.5) is 5.82 Å². The summed E-state index contributed by atoms with van der Waals surface area (Å²) in [7, 11) is 0. The quantitative estimate of drug-likeness (QED) is 0.825. The van der Waals surface area contributed by atoms with Crippen LogP contribution in [-0.4, -0.2) is 42.8 Å². The maximum absolute atomic E-state index is 5.56. The number of anilines is 1. The van der Waals surface area contributed by atoms with Gasteiger partial charge < -0.3 is 15.4 Å². The van der Waals surface area contributed by atoms with E-state index in [1.165, 1.54) is 5.56 Å². The maximum Gasteiger partial charge on any atom is 0.135 e. The van der Waals surface area contributed by atoms with Crippen molar-refractivity contribution in [2.24, 2.45) is 5.73 Å². The molecule has 0 radical (unpaired) electrons. The summed E-state index contributed by atoms with van der Waals surface area (Å²) in [5, 5.41) is 0. The van der Waals surface area contributed by atoms with Crippen molar-refractivity contribution >= 4 is 5.82 Å². The fourth-order valence-corrected chi connectivity index (χ4v) is 2.00. The highest BCUT2D eigenvalue weighted by molar-refractivity contribution is 5.46. The van der Waals surface area contributed by atoms with Gasteiger partial charge in [-0.05, 0) is 26.3 Å². The van der Waals surface area contributed by atoms with E-state index in [9.17, 15) is 0 Å². The van der Waals surface area contributed by atoms with Crippen molar-refractivity contribution < 1.29 is 4.74 Å². The molecule has 94 valence electrons. The number of hydrogen-bond acceptors (Lipinski definition) is 5. The highest BCUT2D eigenvalue weighted by atomic mass is 16.5. The number of ether oxygens (including phenoxy) is 1. The third-order valence-corrected chi connectivity index (χ3v) is 2.92. The van der Waals surface area contributed by atoms with Gasteiger partial charge in [-0.3, -0.25) is 0 Å². The summed E-state index contributed by atoms with van der Waals surface area (Å²) in [6.07, 6.45) is 3.86. The molecule has 1 aliphatic rings. The Bertz CT molecular complexity index is 364. The first-order chi connectivity index (χ1) is 8.31. The molecule has 0 saturated carbocycles. The lowest BCUT2D eigenvalue weighted by molar-refractivity contribution is 0.122. The van der Waals surface area contributed by atoms with Crippen LogP contribution in [0.25, 0.3) is 0 Å². The van der Waals surface area contributed by atoms with Crippen LogP contribution in [0.1, 0.15) is 17.8 Å². The van der Waals surface area contributed by atoms with Gasteiger partial charge in [0.2, 0.25) is 0 Å². The first-order valence-corrected chi connectivity index (χ1v) is 6.16. The van der Waals surface area contributed by atoms with E-state index in [1.807, 2.05) is 13.1 Å². The minimum atomic E-state index is 0.705. The van der Waals surface area contributed by atoms with E-state index < -0.39 is 0 Å². The fourth-order valence-electron chi connectivity index (χ4n) is 2.00. The molecule has 1 aromatic heterocycles. The minimum absolute atomic E-state index is 0.705. The van der Waals surface area contributed by atoms with E-state index in [1.54, 1.807) is 0 Å². The molecule has 5 nitrogen and oxygen atoms in total. The van der Waals surface area contributed by atoms with Crippen molar-refractivity contribution in [3.8, 4) is 0 Å². The molecule has 2 heterocycles. The number of nitrogens with zero attached hydrogens (tertiary/aromatic N) is 3. The zero-order chi connectivity index (χ0) is 12.1. The first kappa shape index (κ1) is 12.3. The summed E-state index contributed by atoms with van der Waals surface area (Å²) in [5.74, 6) is 1.89. The second kappa shape index (κ2) is 5.93. The lowest BCUT2D eigenvalue weighted by atomic mass is 10.1. The summed E-state index contributed by atoms with van der Waals surface area (Å²) >= 11 is 0. The average molecular weight is 236 g/mol. The largest absolute Gasteiger partial charge is 0.378 e. The number of morpholine rings is 1. The first-order valence-electron chi connectivity index (χ1n) is 6.16. The topological polar surface area (TPSA) is 64.3 Å². The molecular weight excluding hydrogens is 216 g/mol. The Kier molecular flexibility index (Phi) is 4.28. The Morgan fingerprint density at radius 3 is 2.88 bits per heavy atom. The molecule has 0 aliphatic carbocycles. The van der Waals surface area contributed by atoms with Crippen molar-refractivity contribution in [1.82, 2.24) is 9.97 Å². The van der Waals surface area contributed by atoms with Crippen molar-refractivity contribution in [2.45, 2.75) is 19.8 Å². The fraction of sp³-hybridized carbons (Fsp3) is 0.667. The Labute approximate surface area is 102 Å². The molecule has 17 heavy (non-hydrogen) atoms. The molecule has 5 heteroatoms. The van der Waals surface area contributed by atoms with Gasteiger partial charge in [0.25, 0.3) is 0 Å². The Morgan fingerprint density at radius 1 is 1.41 bits per heavy atom. The average Bonchev–Trinajstić information content (AvgIpc) is 2.38. The van der Waals surface area contributed by atoms with E-state index in [4.69, 9.17) is 10.5 Å². The third kappa shape index (κ3) is 3.14. The van der Waals surface area contributed by atoms with E-state index in [0.717, 1.165) is 50.8 Å². The van der Waals surface area contributed by atoms with Gasteiger partial charge in [-0.2, -0.15) is 0 Å². The zero-order valence-corrected chi connectivity index (χ0v) is 10.4. The molecule has 2 N–H and O–H groups in total. The highest BCUT2D eigenvalue weighted by Gasteiger charge is 2.16. The number of hydrogen-bond donors (Lipinski definition) is 1. The van der Waals surface area contributed by atoms with Gasteiger partial charge in [-0.1, -0.05) is 0 Å². The molecule has 1 fully saturated rings. The molecule has 1 saturated heterocycles. The van der Waals surface area contributed by atoms with Gasteiger partial charge in [-0.25, -0.2) is 9.97 Å². The van der Waals surface area contributed by atoms with Crippen molar-refractivity contribution in [2.75, 3.05) is 37.7 Å². The summed E-state index contributed by atoms with van der Waals surface area (Å²) in [6, 6.07) is 0. The highest BCUT2D eigenvalue weighted by Crippen LogP contribution is 2.19. The Balaban J connectivity index is 2.19. The third-order valence-electron chi connectivity index (χ3n) is 2.92. The summed E-state index contributed by atoms with van der Waals surface area (Å²) in [6.45, 7) is 6.00. The van der Waals surface area contributed by atoms with Crippen molar-refractivity contribution in [3.05, 3.63) is 17.6 Å². The maximum atomic E-state index is 5.56. The Morgan fingerprint density at radius 2 is 2.18 bits per heavy atom. The van der Waals surface area contributed by atoms with Gasteiger partial charge in [0.1, 0.15) is 11.6 Å². The van der Waals surface area contributed by atoms with E-state index in [0.29, 0.717) is 6.54 Å². The molecule has 1 aliphatic heterocycles. The number of aromatic nitrogens is 2. The smallest absolute Gasteiger partial charge is 0.135 e. The summed E-state index contributed by atoms with van der Waals surface area (Å²) in [5.41, 5.74) is 6.76. The molecule has 0 atom stereocenters. The molecule has 2 rings (SSSR count). The molecule has 1 aromatic rings. The van der Waals surface area contributed by atoms with E-state index in [2.05, 4.69) is 14.9 Å². The SMILES string of the molecule is Cc1ncc(CCCN)c(N2CCOCC2)n1. The second-order valence-corrected chi connectivity index (χ2v) is 4.26. The van der Waals surface area contributed by atoms with Crippen LogP contribution in [0.2, 0.25) is 0 Å². The van der Waals surface area contributed by atoms with Gasteiger partial charge in [0, 0.05) is 24.8 Å². The Hall–Kier alpha value is -1.20. The number of aryl methyl sites for hydroxylation is 2. The van der Waals surface area contributed by atoms with Gasteiger partial charge >= 0.3 is 0 Å². The standard InChI is InChI=1S/C12H20N4O/c1-10-14-9-11(3-2-4-13)12(15-10)16-5-7-17-8-6-16/h9H,2-8,13H2,1H3. The minimum Gasteiger partial charge on any atom is -0.378 e. The summed E-state index contributed by atoms with van der Waals surface area (Å²) < 4.78 is 5.37. The molecule has 0 unspecified atom stereocenters. The van der Waals surface area contributed by atoms with Crippen LogP contribution in [0.3, 0.4) is 0 Å². The predicted octanol–water partition coefficient (Wildman–Crippen LogP) is 0.513. The molecule has 0 aromatic carbocycles. The molecule has 0 bridgehead atoms. The molecule has 0 spiro atoms. The molecule has 0 amide bonds. The number of nitrogens with two attached hydrogens (primary N) is 1. The molecular formula is C12H20N4O. The lowest BCUT2D eigenvalue weighted by Gasteiger charge is -2.29. The van der Waals surface area contributed by atoms with Crippen LogP contribution in [0.15, 0.2) is 6.20 Å². The van der Waals surface area contributed by atoms with Crippen LogP contribution >= 0.6 is 0 Å². The van der Waals surface area contributed by atoms with E-state index in [-0.39, 0.29) is 0 Å². The number of rotatable bonds is 4. The van der Waals surface area contributed by atoms with E-state index >= 15 is 0 Å². The van der Waals surface area contributed by atoms with Crippen LogP contribution < -0.4 is 10.6 Å². The van der Waals surface area contributed by atoms with Crippen LogP contribution in [-0.2, 0) is 11.2 Å². The second-order valence-electron chi connectivity index (χ2n) is 4.26. The normalized spacial score (nSPS) is 16.2. The zero-order valence-electron chi connectivity index (χ0n) is 10.4.